The fraction of sp³-hybridized carbons (Fsp3) is 0.933. The van der Waals surface area contributed by atoms with Crippen molar-refractivity contribution in [2.75, 3.05) is 0 Å². The summed E-state index contributed by atoms with van der Waals surface area (Å²) in [5.41, 5.74) is 0. The third kappa shape index (κ3) is 25.6. The average molecular weight is 466 g/mol. The van der Waals surface area contributed by atoms with Gasteiger partial charge in [0.2, 0.25) is 6.29 Å². The maximum atomic E-state index is 12.0. The van der Waals surface area contributed by atoms with Gasteiger partial charge < -0.3 is 4.74 Å². The van der Waals surface area contributed by atoms with E-state index in [9.17, 15) is 9.59 Å². The maximum Gasteiger partial charge on any atom is 0.306 e. The molecular formula is C30H57O3. The molecule has 33 heavy (non-hydrogen) atoms. The zero-order valence-electron chi connectivity index (χ0n) is 22.5. The van der Waals surface area contributed by atoms with E-state index in [2.05, 4.69) is 13.8 Å². The van der Waals surface area contributed by atoms with Crippen molar-refractivity contribution in [1.82, 2.24) is 0 Å². The van der Waals surface area contributed by atoms with Gasteiger partial charge in [0.25, 0.3) is 0 Å². The van der Waals surface area contributed by atoms with Crippen molar-refractivity contribution in [3.05, 3.63) is 0 Å². The van der Waals surface area contributed by atoms with Gasteiger partial charge in [0.05, 0.1) is 0 Å². The highest BCUT2D eigenvalue weighted by molar-refractivity contribution is 5.72. The molecule has 0 spiro atoms. The van der Waals surface area contributed by atoms with Gasteiger partial charge in [-0.1, -0.05) is 149 Å². The molecule has 3 heteroatoms. The van der Waals surface area contributed by atoms with Crippen LogP contribution in [0.5, 0.6) is 0 Å². The second-order valence-corrected chi connectivity index (χ2v) is 10.1. The molecule has 0 amide bonds. The minimum atomic E-state index is -0.659. The van der Waals surface area contributed by atoms with E-state index in [1.54, 1.807) is 0 Å². The molecule has 0 aliphatic heterocycles. The molecular weight excluding hydrogens is 408 g/mol. The molecule has 3 nitrogen and oxygen atoms in total. The molecule has 1 atom stereocenters. The summed E-state index contributed by atoms with van der Waals surface area (Å²) in [6, 6.07) is 0. The van der Waals surface area contributed by atoms with Crippen molar-refractivity contribution in [1.29, 1.82) is 0 Å². The van der Waals surface area contributed by atoms with Crippen LogP contribution in [0.25, 0.3) is 0 Å². The van der Waals surface area contributed by atoms with Gasteiger partial charge in [-0.05, 0) is 19.3 Å². The van der Waals surface area contributed by atoms with Crippen LogP contribution in [0.3, 0.4) is 0 Å². The summed E-state index contributed by atoms with van der Waals surface area (Å²) in [5, 5.41) is 0. The van der Waals surface area contributed by atoms with Gasteiger partial charge in [-0.15, -0.1) is 0 Å². The van der Waals surface area contributed by atoms with E-state index in [4.69, 9.17) is 4.74 Å². The summed E-state index contributed by atoms with van der Waals surface area (Å²) in [6.07, 6.45) is 31.8. The van der Waals surface area contributed by atoms with Crippen LogP contribution in [0.2, 0.25) is 0 Å². The largest absolute Gasteiger partial charge is 0.454 e. The lowest BCUT2D eigenvalue weighted by atomic mass is 10.0. The Kier molecular flexibility index (Phi) is 26.7. The van der Waals surface area contributed by atoms with Crippen LogP contribution in [0.4, 0.5) is 0 Å². The quantitative estimate of drug-likeness (QED) is 0.0895. The first-order valence-electron chi connectivity index (χ1n) is 14.8. The van der Waals surface area contributed by atoms with Crippen molar-refractivity contribution in [2.45, 2.75) is 180 Å². The topological polar surface area (TPSA) is 43.4 Å². The lowest BCUT2D eigenvalue weighted by Crippen LogP contribution is -2.19. The fourth-order valence-electron chi connectivity index (χ4n) is 4.46. The molecule has 0 N–H and O–H groups in total. The Bertz CT molecular complexity index is 407. The van der Waals surface area contributed by atoms with E-state index in [0.29, 0.717) is 12.8 Å². The number of hydrogen-bond acceptors (Lipinski definition) is 3. The van der Waals surface area contributed by atoms with Gasteiger partial charge >= 0.3 is 5.97 Å². The number of carbonyl (C=O) groups is 1. The first-order valence-corrected chi connectivity index (χ1v) is 14.8. The van der Waals surface area contributed by atoms with Gasteiger partial charge in [-0.3, -0.25) is 9.59 Å². The summed E-state index contributed by atoms with van der Waals surface area (Å²) >= 11 is 0. The molecule has 195 valence electrons. The third-order valence-corrected chi connectivity index (χ3v) is 6.71. The van der Waals surface area contributed by atoms with Gasteiger partial charge in [0, 0.05) is 6.42 Å². The van der Waals surface area contributed by atoms with Crippen LogP contribution in [0, 0.1) is 0 Å². The lowest BCUT2D eigenvalue weighted by molar-refractivity contribution is -0.146. The summed E-state index contributed by atoms with van der Waals surface area (Å²) in [7, 11) is 0. The highest BCUT2D eigenvalue weighted by Crippen LogP contribution is 2.15. The Hall–Kier alpha value is -0.860. The van der Waals surface area contributed by atoms with Crippen LogP contribution in [-0.4, -0.2) is 18.4 Å². The van der Waals surface area contributed by atoms with Gasteiger partial charge in [0.1, 0.15) is 0 Å². The van der Waals surface area contributed by atoms with Gasteiger partial charge in [0.15, 0.2) is 6.10 Å². The van der Waals surface area contributed by atoms with Crippen LogP contribution < -0.4 is 0 Å². The molecule has 1 radical (unpaired) electrons. The molecule has 0 rings (SSSR count). The first-order chi connectivity index (χ1) is 16.2. The molecule has 0 fully saturated rings. The number of unbranched alkanes of at least 4 members (excludes halogenated alkanes) is 21. The monoisotopic (exact) mass is 465 g/mol. The van der Waals surface area contributed by atoms with Crippen molar-refractivity contribution >= 4 is 12.3 Å². The molecule has 0 bridgehead atoms. The molecule has 0 saturated heterocycles. The highest BCUT2D eigenvalue weighted by Gasteiger charge is 2.14. The zero-order chi connectivity index (χ0) is 24.2. The summed E-state index contributed by atoms with van der Waals surface area (Å²) in [4.78, 5) is 23.1. The number of rotatable bonds is 27. The molecule has 0 aromatic carbocycles. The first kappa shape index (κ1) is 32.1. The highest BCUT2D eigenvalue weighted by atomic mass is 16.5. The lowest BCUT2D eigenvalue weighted by Gasteiger charge is -2.11. The van der Waals surface area contributed by atoms with Crippen molar-refractivity contribution < 1.29 is 14.3 Å². The minimum absolute atomic E-state index is 0.224. The predicted octanol–water partition coefficient (Wildman–Crippen LogP) is 9.80. The number of hydrogen-bond donors (Lipinski definition) is 0. The van der Waals surface area contributed by atoms with Gasteiger partial charge in [-0.25, -0.2) is 0 Å². The predicted molar refractivity (Wildman–Crippen MR) is 142 cm³/mol. The fourth-order valence-corrected chi connectivity index (χ4v) is 4.46. The number of carbonyl (C=O) groups excluding carboxylic acids is 2. The number of esters is 1. The third-order valence-electron chi connectivity index (χ3n) is 6.71. The molecule has 1 unspecified atom stereocenters. The van der Waals surface area contributed by atoms with E-state index in [1.165, 1.54) is 122 Å². The zero-order valence-corrected chi connectivity index (χ0v) is 22.5. The Balaban J connectivity index is 3.44. The van der Waals surface area contributed by atoms with Crippen LogP contribution in [-0.2, 0) is 14.3 Å². The minimum Gasteiger partial charge on any atom is -0.454 e. The average Bonchev–Trinajstić information content (AvgIpc) is 2.82. The molecule has 0 aliphatic rings. The van der Waals surface area contributed by atoms with Crippen molar-refractivity contribution in [3.63, 3.8) is 0 Å². The van der Waals surface area contributed by atoms with E-state index in [0.717, 1.165) is 25.7 Å². The Labute approximate surface area is 207 Å². The molecule has 0 aromatic rings. The number of ether oxygens (including phenoxy) is 1. The second-order valence-electron chi connectivity index (χ2n) is 10.1. The molecule has 0 aromatic heterocycles. The van der Waals surface area contributed by atoms with E-state index >= 15 is 0 Å². The normalized spacial score (nSPS) is 12.1. The van der Waals surface area contributed by atoms with Gasteiger partial charge in [-0.2, -0.15) is 0 Å². The Morgan fingerprint density at radius 1 is 0.545 bits per heavy atom. The van der Waals surface area contributed by atoms with Crippen molar-refractivity contribution in [2.24, 2.45) is 0 Å². The van der Waals surface area contributed by atoms with E-state index < -0.39 is 6.10 Å². The van der Waals surface area contributed by atoms with Crippen molar-refractivity contribution in [3.8, 4) is 0 Å². The second kappa shape index (κ2) is 27.4. The smallest absolute Gasteiger partial charge is 0.306 e. The van der Waals surface area contributed by atoms with Crippen LogP contribution in [0.1, 0.15) is 174 Å². The summed E-state index contributed by atoms with van der Waals surface area (Å²) < 4.78 is 5.33. The summed E-state index contributed by atoms with van der Waals surface area (Å²) in [6.45, 7) is 4.52. The SMILES string of the molecule is CCCCCCCCCCCCCCC(=O)OC([C]=O)CCCCCCCCCCCCC. The Morgan fingerprint density at radius 2 is 0.879 bits per heavy atom. The molecule has 0 aliphatic carbocycles. The summed E-state index contributed by atoms with van der Waals surface area (Å²) in [5.74, 6) is -0.224. The van der Waals surface area contributed by atoms with E-state index in [-0.39, 0.29) is 5.97 Å². The Morgan fingerprint density at radius 3 is 1.24 bits per heavy atom. The molecule has 0 heterocycles. The van der Waals surface area contributed by atoms with Crippen LogP contribution >= 0.6 is 0 Å². The maximum absolute atomic E-state index is 12.0. The van der Waals surface area contributed by atoms with E-state index in [1.807, 2.05) is 6.29 Å². The van der Waals surface area contributed by atoms with Crippen LogP contribution in [0.15, 0.2) is 0 Å². The standard InChI is InChI=1S/C30H57O3/c1-3-5-7-9-11-13-15-17-19-21-23-25-27-30(32)33-29(28-31)26-24-22-20-18-16-14-12-10-8-6-4-2/h29H,3-27H2,1-2H3. The molecule has 0 saturated carbocycles.